The van der Waals surface area contributed by atoms with Crippen LogP contribution in [0.3, 0.4) is 0 Å². The fraction of sp³-hybridized carbons (Fsp3) is 0.833. The molecule has 0 aromatic heterocycles. The molecule has 106 valence electrons. The van der Waals surface area contributed by atoms with Gasteiger partial charge in [0, 0.05) is 19.7 Å². The summed E-state index contributed by atoms with van der Waals surface area (Å²) in [4.78, 5) is 14.0. The predicted octanol–water partition coefficient (Wildman–Crippen LogP) is 0.890. The minimum Gasteiger partial charge on any atom is -0.409 e. The molecule has 0 bridgehead atoms. The van der Waals surface area contributed by atoms with Crippen LogP contribution < -0.4 is 5.73 Å². The van der Waals surface area contributed by atoms with Crippen LogP contribution in [-0.2, 0) is 9.53 Å². The van der Waals surface area contributed by atoms with Crippen molar-refractivity contribution in [2.45, 2.75) is 27.7 Å². The van der Waals surface area contributed by atoms with E-state index in [1.807, 2.05) is 27.7 Å². The molecule has 0 rings (SSSR count). The summed E-state index contributed by atoms with van der Waals surface area (Å²) >= 11 is 0. The molecule has 0 heterocycles. The second-order valence-electron chi connectivity index (χ2n) is 4.36. The first kappa shape index (κ1) is 16.7. The van der Waals surface area contributed by atoms with E-state index < -0.39 is 5.92 Å². The Morgan fingerprint density at radius 3 is 2.44 bits per heavy atom. The number of oxime groups is 1. The summed E-state index contributed by atoms with van der Waals surface area (Å²) in [6, 6.07) is 0. The maximum atomic E-state index is 12.3. The van der Waals surface area contributed by atoms with Gasteiger partial charge in [-0.1, -0.05) is 19.0 Å². The van der Waals surface area contributed by atoms with Gasteiger partial charge in [-0.3, -0.25) is 4.79 Å². The first-order chi connectivity index (χ1) is 8.49. The summed E-state index contributed by atoms with van der Waals surface area (Å²) in [6.45, 7) is 9.77. The van der Waals surface area contributed by atoms with Crippen LogP contribution in [0.1, 0.15) is 27.7 Å². The largest absolute Gasteiger partial charge is 0.409 e. The highest BCUT2D eigenvalue weighted by Crippen LogP contribution is 2.14. The Labute approximate surface area is 109 Å². The van der Waals surface area contributed by atoms with Crippen LogP contribution in [-0.4, -0.2) is 48.2 Å². The topological polar surface area (TPSA) is 88.2 Å². The lowest BCUT2D eigenvalue weighted by Gasteiger charge is -2.27. The zero-order chi connectivity index (χ0) is 14.1. The quantitative estimate of drug-likeness (QED) is 0.223. The number of nitrogens with zero attached hydrogens (tertiary/aromatic N) is 2. The smallest absolute Gasteiger partial charge is 0.233 e. The lowest BCUT2D eigenvalue weighted by atomic mass is 9.93. The molecule has 1 atom stereocenters. The Balaban J connectivity index is 4.71. The van der Waals surface area contributed by atoms with Gasteiger partial charge in [0.1, 0.15) is 5.92 Å². The van der Waals surface area contributed by atoms with Crippen molar-refractivity contribution < 1.29 is 14.7 Å². The molecule has 1 unspecified atom stereocenters. The predicted molar refractivity (Wildman–Crippen MR) is 70.5 cm³/mol. The van der Waals surface area contributed by atoms with Gasteiger partial charge in [0.15, 0.2) is 5.84 Å². The van der Waals surface area contributed by atoms with Gasteiger partial charge in [0.2, 0.25) is 5.91 Å². The average molecular weight is 259 g/mol. The maximum Gasteiger partial charge on any atom is 0.233 e. The van der Waals surface area contributed by atoms with E-state index in [9.17, 15) is 4.79 Å². The van der Waals surface area contributed by atoms with E-state index in [4.69, 9.17) is 15.7 Å². The number of hydrogen-bond acceptors (Lipinski definition) is 4. The average Bonchev–Trinajstić information content (AvgIpc) is 2.34. The lowest BCUT2D eigenvalue weighted by Crippen LogP contribution is -2.45. The minimum atomic E-state index is -0.587. The molecule has 0 saturated heterocycles. The van der Waals surface area contributed by atoms with Gasteiger partial charge in [-0.25, -0.2) is 0 Å². The molecule has 0 aliphatic carbocycles. The molecular weight excluding hydrogens is 234 g/mol. The molecule has 3 N–H and O–H groups in total. The van der Waals surface area contributed by atoms with Gasteiger partial charge in [0.25, 0.3) is 0 Å². The molecule has 0 radical (unpaired) electrons. The maximum absolute atomic E-state index is 12.3. The van der Waals surface area contributed by atoms with E-state index in [1.165, 1.54) is 0 Å². The number of ether oxygens (including phenoxy) is 1. The molecule has 1 amide bonds. The summed E-state index contributed by atoms with van der Waals surface area (Å²) in [6.07, 6.45) is 0. The molecule has 18 heavy (non-hydrogen) atoms. The first-order valence-electron chi connectivity index (χ1n) is 6.33. The second-order valence-corrected chi connectivity index (χ2v) is 4.36. The van der Waals surface area contributed by atoms with Gasteiger partial charge >= 0.3 is 0 Å². The third-order valence-electron chi connectivity index (χ3n) is 2.77. The van der Waals surface area contributed by atoms with Gasteiger partial charge in [-0.05, 0) is 19.8 Å². The number of amides is 1. The molecule has 0 aliphatic heterocycles. The summed E-state index contributed by atoms with van der Waals surface area (Å²) < 4.78 is 5.24. The molecular formula is C12H25N3O3. The van der Waals surface area contributed by atoms with Crippen molar-refractivity contribution in [3.05, 3.63) is 0 Å². The number of amidine groups is 1. The fourth-order valence-electron chi connectivity index (χ4n) is 1.76. The van der Waals surface area contributed by atoms with Crippen LogP contribution in [0.4, 0.5) is 0 Å². The number of likely N-dealkylation sites (N-methyl/N-ethyl adjacent to an activating group) is 1. The SMILES string of the molecule is CCOCCN(CC)C(=O)C(C(N)=NO)C(C)C. The zero-order valence-electron chi connectivity index (χ0n) is 11.7. The normalized spacial score (nSPS) is 13.7. The molecule has 6 nitrogen and oxygen atoms in total. The summed E-state index contributed by atoms with van der Waals surface area (Å²) in [7, 11) is 0. The zero-order valence-corrected chi connectivity index (χ0v) is 11.7. The van der Waals surface area contributed by atoms with Crippen molar-refractivity contribution in [2.24, 2.45) is 22.7 Å². The highest BCUT2D eigenvalue weighted by molar-refractivity contribution is 6.02. The Morgan fingerprint density at radius 1 is 1.44 bits per heavy atom. The molecule has 0 saturated carbocycles. The van der Waals surface area contributed by atoms with Crippen molar-refractivity contribution in [3.63, 3.8) is 0 Å². The third kappa shape index (κ3) is 4.91. The van der Waals surface area contributed by atoms with Crippen LogP contribution >= 0.6 is 0 Å². The fourth-order valence-corrected chi connectivity index (χ4v) is 1.76. The van der Waals surface area contributed by atoms with Crippen LogP contribution in [0.2, 0.25) is 0 Å². The van der Waals surface area contributed by atoms with E-state index in [2.05, 4.69) is 5.16 Å². The highest BCUT2D eigenvalue weighted by atomic mass is 16.5. The van der Waals surface area contributed by atoms with E-state index in [0.717, 1.165) is 0 Å². The molecule has 0 fully saturated rings. The number of carbonyl (C=O) groups is 1. The summed E-state index contributed by atoms with van der Waals surface area (Å²) in [5.41, 5.74) is 5.59. The van der Waals surface area contributed by atoms with Crippen molar-refractivity contribution in [1.29, 1.82) is 0 Å². The molecule has 0 aliphatic rings. The van der Waals surface area contributed by atoms with Crippen molar-refractivity contribution in [3.8, 4) is 0 Å². The number of rotatable bonds is 8. The molecule has 0 spiro atoms. The highest BCUT2D eigenvalue weighted by Gasteiger charge is 2.30. The number of carbonyl (C=O) groups excluding carboxylic acids is 1. The Kier molecular flexibility index (Phi) is 8.11. The van der Waals surface area contributed by atoms with Crippen molar-refractivity contribution in [2.75, 3.05) is 26.3 Å². The van der Waals surface area contributed by atoms with E-state index in [0.29, 0.717) is 26.3 Å². The van der Waals surface area contributed by atoms with Gasteiger partial charge in [-0.15, -0.1) is 0 Å². The van der Waals surface area contributed by atoms with Crippen molar-refractivity contribution in [1.82, 2.24) is 4.90 Å². The van der Waals surface area contributed by atoms with Crippen molar-refractivity contribution >= 4 is 11.7 Å². The van der Waals surface area contributed by atoms with E-state index >= 15 is 0 Å². The van der Waals surface area contributed by atoms with Gasteiger partial charge in [-0.2, -0.15) is 0 Å². The lowest BCUT2D eigenvalue weighted by molar-refractivity contribution is -0.135. The van der Waals surface area contributed by atoms with Crippen LogP contribution in [0.25, 0.3) is 0 Å². The molecule has 6 heteroatoms. The van der Waals surface area contributed by atoms with Gasteiger partial charge < -0.3 is 20.6 Å². The third-order valence-corrected chi connectivity index (χ3v) is 2.77. The van der Waals surface area contributed by atoms with Gasteiger partial charge in [0.05, 0.1) is 6.61 Å². The first-order valence-corrected chi connectivity index (χ1v) is 6.33. The number of nitrogens with two attached hydrogens (primary N) is 1. The Bertz CT molecular complexity index is 280. The second kappa shape index (κ2) is 8.74. The molecule has 0 aromatic rings. The standard InChI is InChI=1S/C12H25N3O3/c1-5-15(7-8-18-6-2)12(16)10(9(3)4)11(13)14-17/h9-10,17H,5-8H2,1-4H3,(H2,13,14). The van der Waals surface area contributed by atoms with Crippen LogP contribution in [0, 0.1) is 11.8 Å². The Hall–Kier alpha value is -1.30. The van der Waals surface area contributed by atoms with Crippen LogP contribution in [0.15, 0.2) is 5.16 Å². The Morgan fingerprint density at radius 2 is 2.06 bits per heavy atom. The summed E-state index contributed by atoms with van der Waals surface area (Å²) in [5, 5.41) is 11.7. The molecule has 0 aromatic carbocycles. The summed E-state index contributed by atoms with van der Waals surface area (Å²) in [5.74, 6) is -0.765. The minimum absolute atomic E-state index is 0.0189. The number of hydrogen-bond donors (Lipinski definition) is 2. The monoisotopic (exact) mass is 259 g/mol. The van der Waals surface area contributed by atoms with Crippen LogP contribution in [0.5, 0.6) is 0 Å². The van der Waals surface area contributed by atoms with E-state index in [1.54, 1.807) is 4.90 Å². The van der Waals surface area contributed by atoms with E-state index in [-0.39, 0.29) is 17.7 Å².